The zero-order valence-corrected chi connectivity index (χ0v) is 24.1. The summed E-state index contributed by atoms with van der Waals surface area (Å²) in [4.78, 5) is 40.4. The summed E-state index contributed by atoms with van der Waals surface area (Å²) in [5.74, 6) is 0.240. The minimum absolute atomic E-state index is 0.113. The van der Waals surface area contributed by atoms with Crippen molar-refractivity contribution in [3.63, 3.8) is 0 Å². The number of ketones is 1. The van der Waals surface area contributed by atoms with E-state index in [1.165, 1.54) is 7.11 Å². The Balaban J connectivity index is 1.66. The molecule has 7 heteroatoms. The Morgan fingerprint density at radius 1 is 0.875 bits per heavy atom. The van der Waals surface area contributed by atoms with Gasteiger partial charge in [0.05, 0.1) is 13.7 Å². The lowest BCUT2D eigenvalue weighted by Gasteiger charge is -2.29. The van der Waals surface area contributed by atoms with Crippen LogP contribution in [0.15, 0.2) is 78.9 Å². The lowest BCUT2D eigenvalue weighted by Crippen LogP contribution is -2.42. The molecule has 0 unspecified atom stereocenters. The Morgan fingerprint density at radius 3 is 2.15 bits per heavy atom. The summed E-state index contributed by atoms with van der Waals surface area (Å²) in [6.45, 7) is 9.43. The molecule has 0 aliphatic rings. The van der Waals surface area contributed by atoms with E-state index in [1.807, 2.05) is 74.2 Å². The highest BCUT2D eigenvalue weighted by molar-refractivity contribution is 6.12. The zero-order chi connectivity index (χ0) is 29.1. The standard InChI is InChI=1S/C33H40N2O5/c1-6-20-35(32(38)33(2,3)4)21-22-40-26-18-16-24(17-19-26)23-29(31(37)39-5)34-28-15-11-10-14-27(28)30(36)25-12-8-7-9-13-25/h7-19,29,34H,6,20-23H2,1-5H3/t29-/m0/s1. The number of benzene rings is 3. The highest BCUT2D eigenvalue weighted by Gasteiger charge is 2.27. The van der Waals surface area contributed by atoms with Crippen LogP contribution >= 0.6 is 0 Å². The number of carbonyl (C=O) groups excluding carboxylic acids is 3. The van der Waals surface area contributed by atoms with E-state index in [0.29, 0.717) is 48.7 Å². The largest absolute Gasteiger partial charge is 0.492 e. The Bertz CT molecular complexity index is 1270. The molecule has 0 spiro atoms. The molecule has 1 atom stereocenters. The number of amides is 1. The maximum Gasteiger partial charge on any atom is 0.328 e. The van der Waals surface area contributed by atoms with Crippen LogP contribution in [-0.2, 0) is 20.7 Å². The normalized spacial score (nSPS) is 11.8. The van der Waals surface area contributed by atoms with Crippen LogP contribution in [0.5, 0.6) is 5.75 Å². The molecule has 0 radical (unpaired) electrons. The first-order valence-electron chi connectivity index (χ1n) is 13.7. The molecular formula is C33H40N2O5. The average molecular weight is 545 g/mol. The van der Waals surface area contributed by atoms with Crippen LogP contribution in [0.1, 0.15) is 55.6 Å². The number of hydrogen-bond donors (Lipinski definition) is 1. The van der Waals surface area contributed by atoms with E-state index in [4.69, 9.17) is 9.47 Å². The average Bonchev–Trinajstić information content (AvgIpc) is 2.96. The number of esters is 1. The van der Waals surface area contributed by atoms with Gasteiger partial charge in [-0.2, -0.15) is 0 Å². The number of ether oxygens (including phenoxy) is 2. The number of carbonyl (C=O) groups is 3. The first-order chi connectivity index (χ1) is 19.1. The number of nitrogens with one attached hydrogen (secondary N) is 1. The summed E-state index contributed by atoms with van der Waals surface area (Å²) in [6, 6.07) is 23.0. The summed E-state index contributed by atoms with van der Waals surface area (Å²) in [5, 5.41) is 3.23. The molecule has 3 aromatic rings. The van der Waals surface area contributed by atoms with Gasteiger partial charge in [0.1, 0.15) is 18.4 Å². The topological polar surface area (TPSA) is 84.9 Å². The number of hydrogen-bond acceptors (Lipinski definition) is 6. The predicted octanol–water partition coefficient (Wildman–Crippen LogP) is 5.78. The van der Waals surface area contributed by atoms with Crippen LogP contribution < -0.4 is 10.1 Å². The second-order valence-corrected chi connectivity index (χ2v) is 10.7. The Hall–Kier alpha value is -4.13. The molecule has 0 aromatic heterocycles. The highest BCUT2D eigenvalue weighted by atomic mass is 16.5. The molecule has 3 rings (SSSR count). The van der Waals surface area contributed by atoms with E-state index < -0.39 is 17.4 Å². The summed E-state index contributed by atoms with van der Waals surface area (Å²) in [6.07, 6.45) is 1.24. The number of anilines is 1. The molecule has 1 N–H and O–H groups in total. The molecule has 0 aliphatic carbocycles. The highest BCUT2D eigenvalue weighted by Crippen LogP contribution is 2.22. The fourth-order valence-electron chi connectivity index (χ4n) is 4.37. The van der Waals surface area contributed by atoms with Crippen LogP contribution in [0.25, 0.3) is 0 Å². The lowest BCUT2D eigenvalue weighted by molar-refractivity contribution is -0.141. The minimum atomic E-state index is -0.701. The maximum atomic E-state index is 13.1. The van der Waals surface area contributed by atoms with Crippen LogP contribution in [-0.4, -0.2) is 55.4 Å². The molecule has 7 nitrogen and oxygen atoms in total. The van der Waals surface area contributed by atoms with E-state index >= 15 is 0 Å². The SMILES string of the molecule is CCCN(CCOc1ccc(C[C@H](Nc2ccccc2C(=O)c2ccccc2)C(=O)OC)cc1)C(=O)C(C)(C)C. The number of nitrogens with zero attached hydrogens (tertiary/aromatic N) is 1. The molecule has 0 saturated carbocycles. The van der Waals surface area contributed by atoms with Crippen molar-refractivity contribution in [3.05, 3.63) is 95.6 Å². The van der Waals surface area contributed by atoms with Crippen molar-refractivity contribution in [1.82, 2.24) is 4.90 Å². The van der Waals surface area contributed by atoms with Crippen LogP contribution in [0.3, 0.4) is 0 Å². The molecular weight excluding hydrogens is 504 g/mol. The summed E-state index contributed by atoms with van der Waals surface area (Å²) < 4.78 is 11.0. The van der Waals surface area contributed by atoms with Crippen molar-refractivity contribution in [3.8, 4) is 5.75 Å². The quantitative estimate of drug-likeness (QED) is 0.217. The van der Waals surface area contributed by atoms with Gasteiger partial charge in [-0.05, 0) is 36.2 Å². The summed E-state index contributed by atoms with van der Waals surface area (Å²) in [7, 11) is 1.35. The summed E-state index contributed by atoms with van der Waals surface area (Å²) >= 11 is 0. The summed E-state index contributed by atoms with van der Waals surface area (Å²) in [5.41, 5.74) is 2.08. The molecule has 3 aromatic carbocycles. The zero-order valence-electron chi connectivity index (χ0n) is 24.1. The van der Waals surface area contributed by atoms with Gasteiger partial charge < -0.3 is 19.7 Å². The van der Waals surface area contributed by atoms with Crippen molar-refractivity contribution in [2.45, 2.75) is 46.6 Å². The molecule has 0 aliphatic heterocycles. The number of rotatable bonds is 13. The van der Waals surface area contributed by atoms with E-state index in [-0.39, 0.29) is 11.7 Å². The fourth-order valence-corrected chi connectivity index (χ4v) is 4.37. The Labute approximate surface area is 237 Å². The molecule has 40 heavy (non-hydrogen) atoms. The third kappa shape index (κ3) is 8.43. The van der Waals surface area contributed by atoms with Crippen LogP contribution in [0, 0.1) is 5.41 Å². The number of para-hydroxylation sites is 1. The molecule has 1 amide bonds. The van der Waals surface area contributed by atoms with Crippen molar-refractivity contribution >= 4 is 23.3 Å². The van der Waals surface area contributed by atoms with Gasteiger partial charge in [-0.1, -0.05) is 82.3 Å². The second kappa shape index (κ2) is 14.3. The van der Waals surface area contributed by atoms with Gasteiger partial charge in [0, 0.05) is 35.2 Å². The van der Waals surface area contributed by atoms with E-state index in [2.05, 4.69) is 12.2 Å². The van der Waals surface area contributed by atoms with Crippen molar-refractivity contribution in [2.75, 3.05) is 32.1 Å². The van der Waals surface area contributed by atoms with Gasteiger partial charge in [0.15, 0.2) is 5.78 Å². The van der Waals surface area contributed by atoms with Crippen molar-refractivity contribution < 1.29 is 23.9 Å². The third-order valence-corrected chi connectivity index (χ3v) is 6.44. The minimum Gasteiger partial charge on any atom is -0.492 e. The molecule has 212 valence electrons. The van der Waals surface area contributed by atoms with Crippen LogP contribution in [0.4, 0.5) is 5.69 Å². The predicted molar refractivity (Wildman–Crippen MR) is 158 cm³/mol. The van der Waals surface area contributed by atoms with Gasteiger partial charge in [-0.25, -0.2) is 4.79 Å². The van der Waals surface area contributed by atoms with Gasteiger partial charge in [0.25, 0.3) is 0 Å². The van der Waals surface area contributed by atoms with E-state index in [0.717, 1.165) is 12.0 Å². The fraction of sp³-hybridized carbons (Fsp3) is 0.364. The first kappa shape index (κ1) is 30.4. The molecule has 0 heterocycles. The smallest absolute Gasteiger partial charge is 0.328 e. The van der Waals surface area contributed by atoms with Gasteiger partial charge in [-0.15, -0.1) is 0 Å². The maximum absolute atomic E-state index is 13.1. The van der Waals surface area contributed by atoms with E-state index in [9.17, 15) is 14.4 Å². The van der Waals surface area contributed by atoms with Gasteiger partial charge in [-0.3, -0.25) is 9.59 Å². The second-order valence-electron chi connectivity index (χ2n) is 10.7. The van der Waals surface area contributed by atoms with Crippen LogP contribution in [0.2, 0.25) is 0 Å². The molecule has 0 saturated heterocycles. The third-order valence-electron chi connectivity index (χ3n) is 6.44. The molecule has 0 bridgehead atoms. The van der Waals surface area contributed by atoms with Crippen molar-refractivity contribution in [1.29, 1.82) is 0 Å². The Kier molecular flexibility index (Phi) is 10.9. The van der Waals surface area contributed by atoms with Crippen molar-refractivity contribution in [2.24, 2.45) is 5.41 Å². The molecule has 0 fully saturated rings. The first-order valence-corrected chi connectivity index (χ1v) is 13.7. The Morgan fingerprint density at radius 2 is 1.52 bits per heavy atom. The van der Waals surface area contributed by atoms with E-state index in [1.54, 1.807) is 30.3 Å². The van der Waals surface area contributed by atoms with Gasteiger partial charge >= 0.3 is 5.97 Å². The number of methoxy groups -OCH3 is 1. The van der Waals surface area contributed by atoms with Gasteiger partial charge in [0.2, 0.25) is 5.91 Å². The lowest BCUT2D eigenvalue weighted by atomic mass is 9.94. The monoisotopic (exact) mass is 544 g/mol.